The SMILES string of the molecule is COc1ccc(NC(=O)c2cncc(-c3ccccc3)c2)cc1CO. The quantitative estimate of drug-likeness (QED) is 0.749. The second kappa shape index (κ2) is 7.59. The summed E-state index contributed by atoms with van der Waals surface area (Å²) in [6.07, 6.45) is 3.25. The van der Waals surface area contributed by atoms with E-state index in [2.05, 4.69) is 10.3 Å². The Morgan fingerprint density at radius 1 is 1.08 bits per heavy atom. The fraction of sp³-hybridized carbons (Fsp3) is 0.100. The summed E-state index contributed by atoms with van der Waals surface area (Å²) in [5.41, 5.74) is 3.52. The number of nitrogens with one attached hydrogen (secondary N) is 1. The summed E-state index contributed by atoms with van der Waals surface area (Å²) in [7, 11) is 1.54. The lowest BCUT2D eigenvalue weighted by molar-refractivity contribution is 0.102. The summed E-state index contributed by atoms with van der Waals surface area (Å²) < 4.78 is 5.16. The molecular formula is C20H18N2O3. The van der Waals surface area contributed by atoms with Crippen molar-refractivity contribution in [1.82, 2.24) is 4.98 Å². The largest absolute Gasteiger partial charge is 0.496 e. The zero-order valence-electron chi connectivity index (χ0n) is 13.8. The number of carbonyl (C=O) groups is 1. The van der Waals surface area contributed by atoms with Crippen LogP contribution in [0.3, 0.4) is 0 Å². The average molecular weight is 334 g/mol. The summed E-state index contributed by atoms with van der Waals surface area (Å²) in [6, 6.07) is 16.7. The number of amides is 1. The molecule has 0 unspecified atom stereocenters. The minimum atomic E-state index is -0.265. The molecule has 2 aromatic carbocycles. The molecule has 25 heavy (non-hydrogen) atoms. The highest BCUT2D eigenvalue weighted by atomic mass is 16.5. The Kier molecular flexibility index (Phi) is 5.06. The van der Waals surface area contributed by atoms with E-state index in [1.54, 1.807) is 30.5 Å². The highest BCUT2D eigenvalue weighted by Crippen LogP contribution is 2.23. The van der Waals surface area contributed by atoms with Gasteiger partial charge in [-0.25, -0.2) is 0 Å². The first-order valence-electron chi connectivity index (χ1n) is 7.81. The number of hydrogen-bond donors (Lipinski definition) is 2. The molecule has 5 nitrogen and oxygen atoms in total. The normalized spacial score (nSPS) is 10.3. The van der Waals surface area contributed by atoms with Crippen molar-refractivity contribution in [2.24, 2.45) is 0 Å². The van der Waals surface area contributed by atoms with Crippen LogP contribution in [0, 0.1) is 0 Å². The number of methoxy groups -OCH3 is 1. The molecule has 0 fully saturated rings. The van der Waals surface area contributed by atoms with Crippen LogP contribution in [0.5, 0.6) is 5.75 Å². The van der Waals surface area contributed by atoms with Crippen molar-refractivity contribution in [2.75, 3.05) is 12.4 Å². The van der Waals surface area contributed by atoms with Crippen LogP contribution in [-0.4, -0.2) is 23.1 Å². The Morgan fingerprint density at radius 3 is 2.60 bits per heavy atom. The van der Waals surface area contributed by atoms with Crippen LogP contribution in [-0.2, 0) is 6.61 Å². The third-order valence-corrected chi connectivity index (χ3v) is 3.82. The average Bonchev–Trinajstić information content (AvgIpc) is 2.68. The number of benzene rings is 2. The Morgan fingerprint density at radius 2 is 1.88 bits per heavy atom. The van der Waals surface area contributed by atoms with E-state index >= 15 is 0 Å². The number of aromatic nitrogens is 1. The number of hydrogen-bond acceptors (Lipinski definition) is 4. The van der Waals surface area contributed by atoms with Gasteiger partial charge in [-0.1, -0.05) is 30.3 Å². The molecule has 0 saturated carbocycles. The molecule has 0 spiro atoms. The van der Waals surface area contributed by atoms with Gasteiger partial charge >= 0.3 is 0 Å². The predicted molar refractivity (Wildman–Crippen MR) is 96.5 cm³/mol. The van der Waals surface area contributed by atoms with Crippen LogP contribution < -0.4 is 10.1 Å². The third-order valence-electron chi connectivity index (χ3n) is 3.82. The Hall–Kier alpha value is -3.18. The van der Waals surface area contributed by atoms with Gasteiger partial charge in [-0.2, -0.15) is 0 Å². The van der Waals surface area contributed by atoms with Gasteiger partial charge in [-0.3, -0.25) is 9.78 Å². The lowest BCUT2D eigenvalue weighted by atomic mass is 10.1. The number of carbonyl (C=O) groups excluding carboxylic acids is 1. The molecule has 0 aliphatic carbocycles. The summed E-state index contributed by atoms with van der Waals surface area (Å²) >= 11 is 0. The third kappa shape index (κ3) is 3.84. The molecule has 0 atom stereocenters. The van der Waals surface area contributed by atoms with Gasteiger partial charge in [0.05, 0.1) is 19.3 Å². The Balaban J connectivity index is 1.82. The van der Waals surface area contributed by atoms with E-state index in [0.717, 1.165) is 11.1 Å². The van der Waals surface area contributed by atoms with Crippen molar-refractivity contribution in [1.29, 1.82) is 0 Å². The van der Waals surface area contributed by atoms with E-state index < -0.39 is 0 Å². The summed E-state index contributed by atoms with van der Waals surface area (Å²) in [4.78, 5) is 16.7. The molecule has 0 bridgehead atoms. The van der Waals surface area contributed by atoms with E-state index in [1.165, 1.54) is 13.3 Å². The summed E-state index contributed by atoms with van der Waals surface area (Å²) in [5, 5.41) is 12.2. The van der Waals surface area contributed by atoms with E-state index in [0.29, 0.717) is 22.6 Å². The van der Waals surface area contributed by atoms with Gasteiger partial charge in [0.15, 0.2) is 0 Å². The van der Waals surface area contributed by atoms with Crippen molar-refractivity contribution >= 4 is 11.6 Å². The zero-order valence-corrected chi connectivity index (χ0v) is 13.8. The minimum absolute atomic E-state index is 0.169. The second-order valence-electron chi connectivity index (χ2n) is 5.47. The van der Waals surface area contributed by atoms with Gasteiger partial charge in [0.1, 0.15) is 5.75 Å². The molecule has 1 amide bonds. The topological polar surface area (TPSA) is 71.5 Å². The molecule has 1 heterocycles. The van der Waals surface area contributed by atoms with E-state index in [9.17, 15) is 9.90 Å². The van der Waals surface area contributed by atoms with Gasteiger partial charge < -0.3 is 15.2 Å². The Labute approximate surface area is 145 Å². The van der Waals surface area contributed by atoms with Gasteiger partial charge in [0.25, 0.3) is 5.91 Å². The number of pyridine rings is 1. The molecular weight excluding hydrogens is 316 g/mol. The standard InChI is InChI=1S/C20H18N2O3/c1-25-19-8-7-18(10-17(19)13-23)22-20(24)16-9-15(11-21-12-16)14-5-3-2-4-6-14/h2-12,23H,13H2,1H3,(H,22,24). The van der Waals surface area contributed by atoms with Crippen molar-refractivity contribution in [3.05, 3.63) is 78.1 Å². The molecule has 0 saturated heterocycles. The van der Waals surface area contributed by atoms with E-state index in [-0.39, 0.29) is 12.5 Å². The lowest BCUT2D eigenvalue weighted by Gasteiger charge is -2.10. The van der Waals surface area contributed by atoms with Crippen molar-refractivity contribution in [3.8, 4) is 16.9 Å². The zero-order chi connectivity index (χ0) is 17.6. The number of aliphatic hydroxyl groups is 1. The van der Waals surface area contributed by atoms with Crippen LogP contribution >= 0.6 is 0 Å². The molecule has 0 aliphatic rings. The van der Waals surface area contributed by atoms with Crippen LogP contribution in [0.4, 0.5) is 5.69 Å². The smallest absolute Gasteiger partial charge is 0.257 e. The first-order valence-corrected chi connectivity index (χ1v) is 7.81. The molecule has 126 valence electrons. The minimum Gasteiger partial charge on any atom is -0.496 e. The molecule has 5 heteroatoms. The Bertz CT molecular complexity index is 879. The maximum Gasteiger partial charge on any atom is 0.257 e. The first-order chi connectivity index (χ1) is 12.2. The summed E-state index contributed by atoms with van der Waals surface area (Å²) in [5.74, 6) is 0.313. The number of anilines is 1. The monoisotopic (exact) mass is 334 g/mol. The van der Waals surface area contributed by atoms with Gasteiger partial charge in [-0.05, 0) is 29.8 Å². The van der Waals surface area contributed by atoms with Crippen LogP contribution in [0.1, 0.15) is 15.9 Å². The van der Waals surface area contributed by atoms with Crippen molar-refractivity contribution < 1.29 is 14.6 Å². The molecule has 3 rings (SSSR count). The van der Waals surface area contributed by atoms with E-state index in [1.807, 2.05) is 30.3 Å². The van der Waals surface area contributed by atoms with Crippen LogP contribution in [0.25, 0.3) is 11.1 Å². The number of ether oxygens (including phenoxy) is 1. The predicted octanol–water partition coefficient (Wildman–Crippen LogP) is 3.50. The number of nitrogens with zero attached hydrogens (tertiary/aromatic N) is 1. The molecule has 0 radical (unpaired) electrons. The number of aliphatic hydroxyl groups excluding tert-OH is 1. The lowest BCUT2D eigenvalue weighted by Crippen LogP contribution is -2.12. The molecule has 0 aliphatic heterocycles. The fourth-order valence-electron chi connectivity index (χ4n) is 2.54. The fourth-order valence-corrected chi connectivity index (χ4v) is 2.54. The molecule has 2 N–H and O–H groups in total. The maximum absolute atomic E-state index is 12.5. The van der Waals surface area contributed by atoms with Gasteiger partial charge in [-0.15, -0.1) is 0 Å². The first kappa shape index (κ1) is 16.7. The van der Waals surface area contributed by atoms with Crippen LogP contribution in [0.15, 0.2) is 67.0 Å². The van der Waals surface area contributed by atoms with Gasteiger partial charge in [0, 0.05) is 29.2 Å². The molecule has 1 aromatic heterocycles. The van der Waals surface area contributed by atoms with E-state index in [4.69, 9.17) is 4.74 Å². The maximum atomic E-state index is 12.5. The van der Waals surface area contributed by atoms with Crippen LogP contribution in [0.2, 0.25) is 0 Å². The van der Waals surface area contributed by atoms with Crippen molar-refractivity contribution in [2.45, 2.75) is 6.61 Å². The summed E-state index contributed by atoms with van der Waals surface area (Å²) in [6.45, 7) is -0.169. The second-order valence-corrected chi connectivity index (χ2v) is 5.47. The van der Waals surface area contributed by atoms with Gasteiger partial charge in [0.2, 0.25) is 0 Å². The highest BCUT2D eigenvalue weighted by Gasteiger charge is 2.10. The van der Waals surface area contributed by atoms with Crippen molar-refractivity contribution in [3.63, 3.8) is 0 Å². The highest BCUT2D eigenvalue weighted by molar-refractivity contribution is 6.04. The molecule has 3 aromatic rings. The number of rotatable bonds is 5.